The first-order valence-corrected chi connectivity index (χ1v) is 10.7. The maximum absolute atomic E-state index is 13.1. The minimum atomic E-state index is -3.99. The molecule has 148 valence electrons. The molecule has 0 atom stereocenters. The molecule has 1 heterocycles. The molecule has 7 nitrogen and oxygen atoms in total. The second-order valence-corrected chi connectivity index (χ2v) is 8.59. The number of nitrogens with two attached hydrogens (primary N) is 1. The molecule has 1 aromatic heterocycles. The van der Waals surface area contributed by atoms with Crippen LogP contribution in [0.15, 0.2) is 71.6 Å². The normalized spacial score (nSPS) is 11.6. The van der Waals surface area contributed by atoms with Crippen LogP contribution in [0.3, 0.4) is 0 Å². The molecular weight excluding hydrogens is 410 g/mol. The second kappa shape index (κ2) is 7.73. The van der Waals surface area contributed by atoms with E-state index in [1.165, 1.54) is 6.07 Å². The maximum atomic E-state index is 13.1. The van der Waals surface area contributed by atoms with E-state index in [0.29, 0.717) is 23.4 Å². The molecule has 3 N–H and O–H groups in total. The molecule has 0 saturated carbocycles. The lowest BCUT2D eigenvalue weighted by Crippen LogP contribution is -2.17. The topological polar surface area (TPSA) is 103 Å². The first-order valence-electron chi connectivity index (χ1n) is 8.89. The molecule has 0 aliphatic rings. The zero-order valence-corrected chi connectivity index (χ0v) is 16.9. The van der Waals surface area contributed by atoms with Gasteiger partial charge in [-0.15, -0.1) is 9.19 Å². The number of fused-ring (bicyclic) bond motifs is 1. The van der Waals surface area contributed by atoms with E-state index in [2.05, 4.69) is 15.4 Å². The molecule has 0 spiro atoms. The SMILES string of the molecule is Nc1nc(NCCc2ccc(Cl)cc2)nn1S(=O)(=O)c1cccc2ccccc12. The number of nitrogens with zero attached hydrogens (tertiary/aromatic N) is 3. The molecule has 0 fully saturated rings. The fourth-order valence-electron chi connectivity index (χ4n) is 3.05. The molecule has 0 radical (unpaired) electrons. The van der Waals surface area contributed by atoms with E-state index < -0.39 is 10.0 Å². The largest absolute Gasteiger partial charge is 0.367 e. The standard InChI is InChI=1S/C20H18ClN5O2S/c21-16-10-8-14(9-11-16)12-13-23-20-24-19(22)26(25-20)29(27,28)18-7-3-5-15-4-1-2-6-17(15)18/h1-11H,12-13H2,(H3,22,23,24,25). The van der Waals surface area contributed by atoms with Crippen LogP contribution in [0, 0.1) is 0 Å². The number of hydrogen-bond donors (Lipinski definition) is 2. The van der Waals surface area contributed by atoms with Crippen LogP contribution < -0.4 is 11.1 Å². The number of nitrogen functional groups attached to an aromatic ring is 1. The highest BCUT2D eigenvalue weighted by Gasteiger charge is 2.24. The maximum Gasteiger partial charge on any atom is 0.286 e. The Hall–Kier alpha value is -3.10. The molecule has 0 amide bonds. The van der Waals surface area contributed by atoms with Crippen LogP contribution in [0.2, 0.25) is 5.02 Å². The van der Waals surface area contributed by atoms with Crippen LogP contribution in [-0.4, -0.2) is 29.1 Å². The lowest BCUT2D eigenvalue weighted by Gasteiger charge is -2.08. The monoisotopic (exact) mass is 427 g/mol. The van der Waals surface area contributed by atoms with Crippen LogP contribution >= 0.6 is 11.6 Å². The number of nitrogens with one attached hydrogen (secondary N) is 1. The number of benzene rings is 3. The summed E-state index contributed by atoms with van der Waals surface area (Å²) in [5, 5.41) is 9.17. The van der Waals surface area contributed by atoms with Gasteiger partial charge in [-0.3, -0.25) is 0 Å². The number of halogens is 1. The van der Waals surface area contributed by atoms with Gasteiger partial charge in [0, 0.05) is 17.0 Å². The molecule has 9 heteroatoms. The summed E-state index contributed by atoms with van der Waals surface area (Å²) in [5.74, 6) is -0.0489. The molecule has 0 bridgehead atoms. The van der Waals surface area contributed by atoms with Crippen molar-refractivity contribution in [2.45, 2.75) is 11.3 Å². The van der Waals surface area contributed by atoms with Crippen LogP contribution in [0.4, 0.5) is 11.9 Å². The van der Waals surface area contributed by atoms with Gasteiger partial charge in [0.15, 0.2) is 0 Å². The van der Waals surface area contributed by atoms with Crippen molar-refractivity contribution in [1.82, 2.24) is 14.2 Å². The summed E-state index contributed by atoms with van der Waals surface area (Å²) in [7, 11) is -3.99. The first kappa shape index (κ1) is 19.2. The molecule has 0 saturated heterocycles. The summed E-state index contributed by atoms with van der Waals surface area (Å²) in [4.78, 5) is 4.17. The Kier molecular flexibility index (Phi) is 5.12. The van der Waals surface area contributed by atoms with E-state index in [1.54, 1.807) is 18.2 Å². The fourth-order valence-corrected chi connectivity index (χ4v) is 4.54. The lowest BCUT2D eigenvalue weighted by molar-refractivity contribution is 0.582. The van der Waals surface area contributed by atoms with E-state index in [0.717, 1.165) is 15.0 Å². The summed E-state index contributed by atoms with van der Waals surface area (Å²) >= 11 is 5.88. The number of anilines is 2. The Balaban J connectivity index is 1.57. The first-order chi connectivity index (χ1) is 13.9. The van der Waals surface area contributed by atoms with Crippen molar-refractivity contribution in [3.05, 3.63) is 77.3 Å². The second-order valence-electron chi connectivity index (χ2n) is 6.42. The Bertz CT molecular complexity index is 1260. The molecule has 4 aromatic rings. The molecule has 0 aliphatic carbocycles. The van der Waals surface area contributed by atoms with Crippen LogP contribution in [0.25, 0.3) is 10.8 Å². The lowest BCUT2D eigenvalue weighted by atomic mass is 10.1. The average molecular weight is 428 g/mol. The quantitative estimate of drug-likeness (QED) is 0.487. The van der Waals surface area contributed by atoms with E-state index in [4.69, 9.17) is 17.3 Å². The van der Waals surface area contributed by atoms with Crippen LogP contribution in [-0.2, 0) is 16.4 Å². The summed E-state index contributed by atoms with van der Waals surface area (Å²) in [5.41, 5.74) is 6.95. The van der Waals surface area contributed by atoms with Gasteiger partial charge in [0.1, 0.15) is 0 Å². The van der Waals surface area contributed by atoms with E-state index in [9.17, 15) is 8.42 Å². The molecular formula is C20H18ClN5O2S. The van der Waals surface area contributed by atoms with Crippen molar-refractivity contribution in [3.63, 3.8) is 0 Å². The minimum absolute atomic E-state index is 0.125. The minimum Gasteiger partial charge on any atom is -0.367 e. The van der Waals surface area contributed by atoms with Gasteiger partial charge in [-0.05, 0) is 35.6 Å². The van der Waals surface area contributed by atoms with Crippen molar-refractivity contribution in [1.29, 1.82) is 0 Å². The van der Waals surface area contributed by atoms with Crippen LogP contribution in [0.5, 0.6) is 0 Å². The van der Waals surface area contributed by atoms with Crippen LogP contribution in [0.1, 0.15) is 5.56 Å². The zero-order chi connectivity index (χ0) is 20.4. The molecule has 3 aromatic carbocycles. The van der Waals surface area contributed by atoms with Crippen molar-refractivity contribution in [2.24, 2.45) is 0 Å². The number of hydrogen-bond acceptors (Lipinski definition) is 6. The molecule has 29 heavy (non-hydrogen) atoms. The van der Waals surface area contributed by atoms with E-state index in [-0.39, 0.29) is 16.8 Å². The highest BCUT2D eigenvalue weighted by atomic mass is 35.5. The van der Waals surface area contributed by atoms with Gasteiger partial charge in [0.05, 0.1) is 4.90 Å². The van der Waals surface area contributed by atoms with Gasteiger partial charge in [0.2, 0.25) is 11.9 Å². The predicted molar refractivity (Wildman–Crippen MR) is 115 cm³/mol. The Morgan fingerprint density at radius 2 is 1.72 bits per heavy atom. The fraction of sp³-hybridized carbons (Fsp3) is 0.100. The van der Waals surface area contributed by atoms with Crippen molar-refractivity contribution < 1.29 is 8.42 Å². The van der Waals surface area contributed by atoms with E-state index >= 15 is 0 Å². The average Bonchev–Trinajstić information content (AvgIpc) is 3.10. The van der Waals surface area contributed by atoms with E-state index in [1.807, 2.05) is 42.5 Å². The third-order valence-corrected chi connectivity index (χ3v) is 6.36. The van der Waals surface area contributed by atoms with Gasteiger partial charge in [-0.25, -0.2) is 0 Å². The summed E-state index contributed by atoms with van der Waals surface area (Å²) in [6.45, 7) is 0.513. The molecule has 4 rings (SSSR count). The summed E-state index contributed by atoms with van der Waals surface area (Å²) in [6, 6.07) is 19.8. The highest BCUT2D eigenvalue weighted by molar-refractivity contribution is 7.90. The summed E-state index contributed by atoms with van der Waals surface area (Å²) < 4.78 is 27.1. The Morgan fingerprint density at radius 1 is 1.00 bits per heavy atom. The third-order valence-electron chi connectivity index (χ3n) is 4.47. The number of aromatic nitrogens is 3. The predicted octanol–water partition coefficient (Wildman–Crippen LogP) is 3.56. The van der Waals surface area contributed by atoms with Gasteiger partial charge in [-0.1, -0.05) is 60.1 Å². The summed E-state index contributed by atoms with van der Waals surface area (Å²) in [6.07, 6.45) is 0.696. The molecule has 0 aliphatic heterocycles. The van der Waals surface area contributed by atoms with Crippen molar-refractivity contribution >= 4 is 44.3 Å². The van der Waals surface area contributed by atoms with Crippen molar-refractivity contribution in [3.8, 4) is 0 Å². The van der Waals surface area contributed by atoms with Gasteiger partial charge in [0.25, 0.3) is 10.0 Å². The van der Waals surface area contributed by atoms with Gasteiger partial charge in [-0.2, -0.15) is 13.4 Å². The number of rotatable bonds is 6. The Morgan fingerprint density at radius 3 is 2.52 bits per heavy atom. The van der Waals surface area contributed by atoms with Gasteiger partial charge < -0.3 is 11.1 Å². The Labute approximate surface area is 173 Å². The van der Waals surface area contributed by atoms with Gasteiger partial charge >= 0.3 is 0 Å². The smallest absolute Gasteiger partial charge is 0.286 e. The molecule has 0 unspecified atom stereocenters. The highest BCUT2D eigenvalue weighted by Crippen LogP contribution is 2.25. The van der Waals surface area contributed by atoms with Crippen molar-refractivity contribution in [2.75, 3.05) is 17.6 Å². The zero-order valence-electron chi connectivity index (χ0n) is 15.3. The third kappa shape index (κ3) is 3.90.